The van der Waals surface area contributed by atoms with Gasteiger partial charge in [-0.1, -0.05) is 23.7 Å². The molecule has 1 aliphatic heterocycles. The second kappa shape index (κ2) is 13.2. The zero-order chi connectivity index (χ0) is 30.5. The molecule has 2 aromatic rings. The highest BCUT2D eigenvalue weighted by atomic mass is 35.5. The fourth-order valence-corrected chi connectivity index (χ4v) is 4.98. The Hall–Kier alpha value is -3.19. The first-order valence-corrected chi connectivity index (χ1v) is 13.3. The number of benzene rings is 1. The molecule has 1 aromatic heterocycles. The van der Waals surface area contributed by atoms with Crippen LogP contribution >= 0.6 is 11.6 Å². The maximum atomic E-state index is 14.0. The Morgan fingerprint density at radius 1 is 1.15 bits per heavy atom. The molecular formula is C27H32ClF5N4O4. The van der Waals surface area contributed by atoms with Gasteiger partial charge in [0.2, 0.25) is 0 Å². The molecule has 226 valence electrons. The SMILES string of the molecule is CN(C)C(=O)c1ccc(N2CCC(CCCN(C)C(=O)[C@](O)(c3cccc(OC(F)F)c3)C(F)(F)F)CC2)nc1Cl. The van der Waals surface area contributed by atoms with Gasteiger partial charge < -0.3 is 24.5 Å². The minimum Gasteiger partial charge on any atom is -0.435 e. The number of halogens is 6. The van der Waals surface area contributed by atoms with Crippen LogP contribution in [0.2, 0.25) is 5.15 Å². The van der Waals surface area contributed by atoms with Gasteiger partial charge in [-0.2, -0.15) is 22.0 Å². The van der Waals surface area contributed by atoms with Crippen LogP contribution in [0.25, 0.3) is 0 Å². The number of hydrogen-bond donors (Lipinski definition) is 1. The first-order valence-electron chi connectivity index (χ1n) is 12.9. The monoisotopic (exact) mass is 606 g/mol. The van der Waals surface area contributed by atoms with Crippen LogP contribution in [0.5, 0.6) is 5.75 Å². The number of ether oxygens (including phenoxy) is 1. The van der Waals surface area contributed by atoms with E-state index in [0.29, 0.717) is 43.4 Å². The van der Waals surface area contributed by atoms with Crippen LogP contribution in [0.1, 0.15) is 41.6 Å². The van der Waals surface area contributed by atoms with E-state index in [4.69, 9.17) is 11.6 Å². The van der Waals surface area contributed by atoms with E-state index in [1.165, 1.54) is 4.90 Å². The summed E-state index contributed by atoms with van der Waals surface area (Å²) < 4.78 is 71.2. The third-order valence-electron chi connectivity index (χ3n) is 7.06. The normalized spacial score (nSPS) is 15.9. The molecule has 0 aliphatic carbocycles. The molecule has 2 heterocycles. The Bertz CT molecular complexity index is 1220. The second-order valence-corrected chi connectivity index (χ2v) is 10.5. The number of rotatable bonds is 10. The van der Waals surface area contributed by atoms with E-state index in [1.54, 1.807) is 26.2 Å². The third kappa shape index (κ3) is 7.56. The van der Waals surface area contributed by atoms with Crippen LogP contribution in [0.15, 0.2) is 36.4 Å². The largest absolute Gasteiger partial charge is 0.435 e. The van der Waals surface area contributed by atoms with Gasteiger partial charge in [0.25, 0.3) is 17.4 Å². The van der Waals surface area contributed by atoms with Gasteiger partial charge in [-0.3, -0.25) is 9.59 Å². The molecule has 0 radical (unpaired) electrons. The highest BCUT2D eigenvalue weighted by Gasteiger charge is 2.61. The van der Waals surface area contributed by atoms with Gasteiger partial charge in [0, 0.05) is 46.3 Å². The number of aliphatic hydroxyl groups is 1. The number of anilines is 1. The smallest absolute Gasteiger partial charge is 0.430 e. The molecule has 1 atom stereocenters. The predicted molar refractivity (Wildman–Crippen MR) is 142 cm³/mol. The molecule has 1 aliphatic rings. The van der Waals surface area contributed by atoms with Crippen molar-refractivity contribution in [3.63, 3.8) is 0 Å². The molecular weight excluding hydrogens is 575 g/mol. The maximum Gasteiger partial charge on any atom is 0.430 e. The average molecular weight is 607 g/mol. The van der Waals surface area contributed by atoms with Gasteiger partial charge in [-0.25, -0.2) is 4.98 Å². The van der Waals surface area contributed by atoms with Crippen molar-refractivity contribution in [1.82, 2.24) is 14.8 Å². The Balaban J connectivity index is 1.56. The summed E-state index contributed by atoms with van der Waals surface area (Å²) in [6.07, 6.45) is -2.83. The summed E-state index contributed by atoms with van der Waals surface area (Å²) >= 11 is 6.22. The topological polar surface area (TPSA) is 86.2 Å². The first kappa shape index (κ1) is 32.3. The third-order valence-corrected chi connectivity index (χ3v) is 7.35. The summed E-state index contributed by atoms with van der Waals surface area (Å²) in [6.45, 7) is -2.02. The van der Waals surface area contributed by atoms with Gasteiger partial charge in [0.15, 0.2) is 0 Å². The number of aromatic nitrogens is 1. The van der Waals surface area contributed by atoms with E-state index < -0.39 is 35.6 Å². The Morgan fingerprint density at radius 2 is 1.80 bits per heavy atom. The molecule has 0 spiro atoms. The van der Waals surface area contributed by atoms with Gasteiger partial charge >= 0.3 is 12.8 Å². The molecule has 3 rings (SSSR count). The number of alkyl halides is 5. The Kier molecular flexibility index (Phi) is 10.4. The van der Waals surface area contributed by atoms with Crippen molar-refractivity contribution in [2.45, 2.75) is 44.1 Å². The van der Waals surface area contributed by atoms with Gasteiger partial charge in [-0.05, 0) is 55.9 Å². The van der Waals surface area contributed by atoms with Crippen molar-refractivity contribution >= 4 is 29.2 Å². The quantitative estimate of drug-likeness (QED) is 0.305. The highest BCUT2D eigenvalue weighted by molar-refractivity contribution is 6.32. The Labute approximate surface area is 239 Å². The van der Waals surface area contributed by atoms with Crippen molar-refractivity contribution in [2.24, 2.45) is 5.92 Å². The maximum absolute atomic E-state index is 14.0. The number of pyridine rings is 1. The highest BCUT2D eigenvalue weighted by Crippen LogP contribution is 2.41. The van der Waals surface area contributed by atoms with Crippen LogP contribution in [-0.2, 0) is 10.4 Å². The summed E-state index contributed by atoms with van der Waals surface area (Å²) in [5.41, 5.74) is -4.55. The number of amides is 2. The van der Waals surface area contributed by atoms with Crippen molar-refractivity contribution in [1.29, 1.82) is 0 Å². The number of carbonyl (C=O) groups excluding carboxylic acids is 2. The summed E-state index contributed by atoms with van der Waals surface area (Å²) in [6, 6.07) is 6.77. The van der Waals surface area contributed by atoms with Crippen molar-refractivity contribution in [3.8, 4) is 5.75 Å². The summed E-state index contributed by atoms with van der Waals surface area (Å²) in [4.78, 5) is 33.7. The van der Waals surface area contributed by atoms with Crippen LogP contribution in [0, 0.1) is 5.92 Å². The van der Waals surface area contributed by atoms with Crippen LogP contribution in [0.4, 0.5) is 27.8 Å². The molecule has 1 aromatic carbocycles. The number of piperidine rings is 1. The molecule has 0 unspecified atom stereocenters. The van der Waals surface area contributed by atoms with E-state index in [2.05, 4.69) is 9.72 Å². The minimum atomic E-state index is -5.41. The lowest BCUT2D eigenvalue weighted by Gasteiger charge is -2.34. The lowest BCUT2D eigenvalue weighted by molar-refractivity contribution is -0.261. The van der Waals surface area contributed by atoms with Gasteiger partial charge in [0.1, 0.15) is 16.7 Å². The minimum absolute atomic E-state index is 0.0524. The summed E-state index contributed by atoms with van der Waals surface area (Å²) in [5, 5.41) is 10.7. The molecule has 41 heavy (non-hydrogen) atoms. The number of carbonyl (C=O) groups is 2. The molecule has 14 heteroatoms. The van der Waals surface area contributed by atoms with Crippen LogP contribution < -0.4 is 9.64 Å². The number of hydrogen-bond acceptors (Lipinski definition) is 6. The standard InChI is InChI=1S/C27H32ClF5N4O4/c1-35(2)23(38)20-9-10-21(34-22(20)28)37-14-11-17(12-15-37)6-5-13-36(3)24(39)26(40,27(31,32)33)18-7-4-8-19(16-18)41-25(29)30/h4,7-10,16-17,25,40H,5-6,11-15H2,1-3H3/t26-/m1/s1. The zero-order valence-electron chi connectivity index (χ0n) is 22.8. The fraction of sp³-hybridized carbons (Fsp3) is 0.519. The lowest BCUT2D eigenvalue weighted by atomic mass is 9.90. The molecule has 8 nitrogen and oxygen atoms in total. The molecule has 0 saturated carbocycles. The molecule has 2 amide bonds. The van der Waals surface area contributed by atoms with Crippen LogP contribution in [0.3, 0.4) is 0 Å². The fourth-order valence-electron chi connectivity index (χ4n) is 4.75. The van der Waals surface area contributed by atoms with Crippen molar-refractivity contribution < 1.29 is 41.4 Å². The predicted octanol–water partition coefficient (Wildman–Crippen LogP) is 4.94. The van der Waals surface area contributed by atoms with E-state index >= 15 is 0 Å². The Morgan fingerprint density at radius 3 is 2.37 bits per heavy atom. The summed E-state index contributed by atoms with van der Waals surface area (Å²) in [5.74, 6) is -1.59. The number of nitrogens with zero attached hydrogens (tertiary/aromatic N) is 4. The average Bonchev–Trinajstić information content (AvgIpc) is 2.91. The van der Waals surface area contributed by atoms with Gasteiger partial charge in [-0.15, -0.1) is 0 Å². The second-order valence-electron chi connectivity index (χ2n) is 10.1. The molecule has 1 N–H and O–H groups in total. The van der Waals surface area contributed by atoms with E-state index in [-0.39, 0.29) is 23.5 Å². The molecule has 1 saturated heterocycles. The van der Waals surface area contributed by atoms with Crippen LogP contribution in [-0.4, -0.2) is 85.3 Å². The molecule has 1 fully saturated rings. The van der Waals surface area contributed by atoms with E-state index in [0.717, 1.165) is 43.0 Å². The first-order chi connectivity index (χ1) is 19.1. The van der Waals surface area contributed by atoms with Crippen molar-refractivity contribution in [2.75, 3.05) is 45.7 Å². The zero-order valence-corrected chi connectivity index (χ0v) is 23.6. The van der Waals surface area contributed by atoms with Crippen molar-refractivity contribution in [3.05, 3.63) is 52.7 Å². The molecule has 0 bridgehead atoms. The van der Waals surface area contributed by atoms with E-state index in [1.807, 2.05) is 4.90 Å². The number of likely N-dealkylation sites (N-methyl/N-ethyl adjacent to an activating group) is 1. The van der Waals surface area contributed by atoms with E-state index in [9.17, 15) is 36.6 Å². The lowest BCUT2D eigenvalue weighted by Crippen LogP contribution is -2.55. The van der Waals surface area contributed by atoms with Gasteiger partial charge in [0.05, 0.1) is 5.56 Å². The summed E-state index contributed by atoms with van der Waals surface area (Å²) in [7, 11) is 4.39.